The Kier molecular flexibility index (Phi) is 5.38. The van der Waals surface area contributed by atoms with Crippen molar-refractivity contribution in [2.24, 2.45) is 5.92 Å². The van der Waals surface area contributed by atoms with Gasteiger partial charge in [0.2, 0.25) is 5.91 Å². The lowest BCUT2D eigenvalue weighted by atomic mass is 9.98. The number of fused-ring (bicyclic) bond motifs is 2. The topological polar surface area (TPSA) is 64.9 Å². The molecule has 0 aromatic heterocycles. The van der Waals surface area contributed by atoms with Crippen LogP contribution in [0.1, 0.15) is 24.8 Å². The van der Waals surface area contributed by atoms with Gasteiger partial charge in [0.25, 0.3) is 0 Å². The van der Waals surface area contributed by atoms with E-state index < -0.39 is 6.04 Å². The molecule has 2 N–H and O–H groups in total. The SMILES string of the molecule is N#CC(Cc1ccc(-c2cccc(S)c2)cc1F)NC(=O)[C@H]1NC2CCC1C2. The van der Waals surface area contributed by atoms with Crippen LogP contribution in [0.2, 0.25) is 0 Å². The molecule has 4 rings (SSSR count). The lowest BCUT2D eigenvalue weighted by Gasteiger charge is -2.23. The summed E-state index contributed by atoms with van der Waals surface area (Å²) in [5.74, 6) is -0.182. The Hall–Kier alpha value is -2.36. The van der Waals surface area contributed by atoms with Gasteiger partial charge in [0.05, 0.1) is 12.1 Å². The highest BCUT2D eigenvalue weighted by atomic mass is 32.1. The number of piperidine rings is 1. The number of carbonyl (C=O) groups is 1. The van der Waals surface area contributed by atoms with Gasteiger partial charge in [0.15, 0.2) is 0 Å². The highest BCUT2D eigenvalue weighted by Crippen LogP contribution is 2.35. The fourth-order valence-corrected chi connectivity index (χ4v) is 4.56. The number of benzene rings is 2. The van der Waals surface area contributed by atoms with E-state index in [9.17, 15) is 14.4 Å². The summed E-state index contributed by atoms with van der Waals surface area (Å²) < 4.78 is 14.6. The van der Waals surface area contributed by atoms with E-state index >= 15 is 0 Å². The van der Waals surface area contributed by atoms with Gasteiger partial charge in [0, 0.05) is 17.4 Å². The minimum absolute atomic E-state index is 0.141. The fraction of sp³-hybridized carbons (Fsp3) is 0.364. The molecule has 28 heavy (non-hydrogen) atoms. The van der Waals surface area contributed by atoms with Crippen LogP contribution in [0.3, 0.4) is 0 Å². The molecule has 1 heterocycles. The lowest BCUT2D eigenvalue weighted by molar-refractivity contribution is -0.124. The van der Waals surface area contributed by atoms with E-state index in [1.165, 1.54) is 6.07 Å². The number of nitrogens with zero attached hydrogens (tertiary/aromatic N) is 1. The molecule has 2 aliphatic rings. The number of rotatable bonds is 5. The van der Waals surface area contributed by atoms with Gasteiger partial charge in [-0.15, -0.1) is 12.6 Å². The second kappa shape index (κ2) is 7.94. The standard InChI is InChI=1S/C22H22FN3OS/c23-20-11-14(13-2-1-3-19(28)10-13)4-5-15(20)8-18(12-24)26-22(27)21-16-6-7-17(9-16)25-21/h1-5,10-11,16-18,21,25,28H,6-9H2,(H,26,27)/t16?,17?,18?,21-/m0/s1. The van der Waals surface area contributed by atoms with Crippen molar-refractivity contribution in [3.63, 3.8) is 0 Å². The Bertz CT molecular complexity index is 942. The maximum atomic E-state index is 14.6. The molecule has 0 radical (unpaired) electrons. The second-order valence-electron chi connectivity index (χ2n) is 7.67. The summed E-state index contributed by atoms with van der Waals surface area (Å²) in [6.07, 6.45) is 3.33. The lowest BCUT2D eigenvalue weighted by Crippen LogP contribution is -2.50. The van der Waals surface area contributed by atoms with E-state index in [0.717, 1.165) is 35.3 Å². The zero-order valence-electron chi connectivity index (χ0n) is 15.4. The van der Waals surface area contributed by atoms with Crippen molar-refractivity contribution in [2.75, 3.05) is 0 Å². The molecule has 2 aromatic carbocycles. The average Bonchev–Trinajstić information content (AvgIpc) is 3.32. The monoisotopic (exact) mass is 395 g/mol. The first-order valence-corrected chi connectivity index (χ1v) is 10.0. The summed E-state index contributed by atoms with van der Waals surface area (Å²) in [5, 5.41) is 15.6. The van der Waals surface area contributed by atoms with Crippen molar-refractivity contribution in [2.45, 2.75) is 48.7 Å². The van der Waals surface area contributed by atoms with Crippen molar-refractivity contribution < 1.29 is 9.18 Å². The fourth-order valence-electron chi connectivity index (χ4n) is 4.34. The Balaban J connectivity index is 1.43. The van der Waals surface area contributed by atoms with E-state index in [1.807, 2.05) is 30.3 Å². The predicted molar refractivity (Wildman–Crippen MR) is 108 cm³/mol. The second-order valence-corrected chi connectivity index (χ2v) is 8.18. The molecule has 144 valence electrons. The molecule has 2 bridgehead atoms. The molecular weight excluding hydrogens is 373 g/mol. The van der Waals surface area contributed by atoms with Gasteiger partial charge < -0.3 is 10.6 Å². The van der Waals surface area contributed by atoms with E-state index in [1.54, 1.807) is 6.07 Å². The van der Waals surface area contributed by atoms with E-state index in [-0.39, 0.29) is 24.2 Å². The maximum absolute atomic E-state index is 14.6. The molecule has 3 unspecified atom stereocenters. The molecule has 1 saturated heterocycles. The van der Waals surface area contributed by atoms with E-state index in [2.05, 4.69) is 29.3 Å². The van der Waals surface area contributed by atoms with Gasteiger partial charge in [-0.05, 0) is 60.1 Å². The van der Waals surface area contributed by atoms with Gasteiger partial charge in [-0.2, -0.15) is 5.26 Å². The predicted octanol–water partition coefficient (Wildman–Crippen LogP) is 3.47. The summed E-state index contributed by atoms with van der Waals surface area (Å²) in [4.78, 5) is 13.3. The molecule has 4 nitrogen and oxygen atoms in total. The van der Waals surface area contributed by atoms with Gasteiger partial charge >= 0.3 is 0 Å². The molecule has 2 aromatic rings. The van der Waals surface area contributed by atoms with Crippen molar-refractivity contribution in [3.05, 3.63) is 53.8 Å². The molecule has 1 saturated carbocycles. The van der Waals surface area contributed by atoms with Gasteiger partial charge in [0.1, 0.15) is 11.9 Å². The third kappa shape index (κ3) is 3.91. The summed E-state index contributed by atoms with van der Waals surface area (Å²) in [6, 6.07) is 14.0. The van der Waals surface area contributed by atoms with Gasteiger partial charge in [-0.1, -0.05) is 24.3 Å². The molecule has 4 atom stereocenters. The highest BCUT2D eigenvalue weighted by molar-refractivity contribution is 7.80. The zero-order valence-corrected chi connectivity index (χ0v) is 16.3. The third-order valence-electron chi connectivity index (χ3n) is 5.77. The van der Waals surface area contributed by atoms with Crippen LogP contribution < -0.4 is 10.6 Å². The normalized spacial score (nSPS) is 24.0. The largest absolute Gasteiger partial charge is 0.339 e. The molecule has 0 spiro atoms. The number of nitriles is 1. The van der Waals surface area contributed by atoms with Crippen molar-refractivity contribution in [1.82, 2.24) is 10.6 Å². The first-order valence-electron chi connectivity index (χ1n) is 9.57. The zero-order chi connectivity index (χ0) is 19.7. The molecule has 6 heteroatoms. The first kappa shape index (κ1) is 19.0. The minimum Gasteiger partial charge on any atom is -0.339 e. The van der Waals surface area contributed by atoms with Crippen LogP contribution in [0.5, 0.6) is 0 Å². The van der Waals surface area contributed by atoms with Crippen LogP contribution in [0.25, 0.3) is 11.1 Å². The smallest absolute Gasteiger partial charge is 0.238 e. The Morgan fingerprint density at radius 1 is 1.29 bits per heavy atom. The van der Waals surface area contributed by atoms with Crippen LogP contribution in [0.4, 0.5) is 4.39 Å². The Labute approximate surface area is 169 Å². The maximum Gasteiger partial charge on any atom is 0.238 e. The van der Waals surface area contributed by atoms with Crippen LogP contribution in [0.15, 0.2) is 47.4 Å². The van der Waals surface area contributed by atoms with E-state index in [0.29, 0.717) is 17.5 Å². The molecule has 1 aliphatic heterocycles. The van der Waals surface area contributed by atoms with Gasteiger partial charge in [-0.25, -0.2) is 4.39 Å². The van der Waals surface area contributed by atoms with Crippen LogP contribution >= 0.6 is 12.6 Å². The molecule has 2 fully saturated rings. The number of hydrogen-bond acceptors (Lipinski definition) is 4. The Morgan fingerprint density at radius 3 is 2.75 bits per heavy atom. The quantitative estimate of drug-likeness (QED) is 0.679. The number of hydrogen-bond donors (Lipinski definition) is 3. The summed E-state index contributed by atoms with van der Waals surface area (Å²) >= 11 is 4.32. The van der Waals surface area contributed by atoms with Crippen molar-refractivity contribution in [3.8, 4) is 17.2 Å². The van der Waals surface area contributed by atoms with Crippen molar-refractivity contribution in [1.29, 1.82) is 5.26 Å². The number of halogens is 1. The molecule has 1 amide bonds. The first-order chi connectivity index (χ1) is 13.5. The Morgan fingerprint density at radius 2 is 2.11 bits per heavy atom. The number of nitrogens with one attached hydrogen (secondary N) is 2. The van der Waals surface area contributed by atoms with Crippen molar-refractivity contribution >= 4 is 18.5 Å². The molecular formula is C22H22FN3OS. The van der Waals surface area contributed by atoms with Crippen LogP contribution in [-0.2, 0) is 11.2 Å². The summed E-state index contributed by atoms with van der Waals surface area (Å²) in [5.41, 5.74) is 2.05. The summed E-state index contributed by atoms with van der Waals surface area (Å²) in [7, 11) is 0. The summed E-state index contributed by atoms with van der Waals surface area (Å²) in [6.45, 7) is 0. The van der Waals surface area contributed by atoms with Gasteiger partial charge in [-0.3, -0.25) is 4.79 Å². The number of amides is 1. The number of thiol groups is 1. The third-order valence-corrected chi connectivity index (χ3v) is 6.05. The van der Waals surface area contributed by atoms with E-state index in [4.69, 9.17) is 0 Å². The van der Waals surface area contributed by atoms with Crippen LogP contribution in [0, 0.1) is 23.1 Å². The number of carbonyl (C=O) groups excluding carboxylic acids is 1. The average molecular weight is 396 g/mol. The highest BCUT2D eigenvalue weighted by Gasteiger charge is 2.43. The van der Waals surface area contributed by atoms with Crippen LogP contribution in [-0.4, -0.2) is 24.0 Å². The minimum atomic E-state index is -0.755. The molecule has 1 aliphatic carbocycles.